The van der Waals surface area contributed by atoms with Gasteiger partial charge in [-0.25, -0.2) is 8.78 Å². The summed E-state index contributed by atoms with van der Waals surface area (Å²) >= 11 is 0. The average Bonchev–Trinajstić information content (AvgIpc) is 3.14. The molecule has 2 amide bonds. The zero-order valence-electron chi connectivity index (χ0n) is 19.1. The van der Waals surface area contributed by atoms with Crippen molar-refractivity contribution in [1.29, 1.82) is 0 Å². The predicted octanol–water partition coefficient (Wildman–Crippen LogP) is 4.62. The van der Waals surface area contributed by atoms with E-state index in [1.165, 1.54) is 10.6 Å². The molecule has 2 aromatic heterocycles. The second kappa shape index (κ2) is 8.83. The molecule has 0 saturated heterocycles. The summed E-state index contributed by atoms with van der Waals surface area (Å²) in [5.74, 6) is -1.74. The first kappa shape index (κ1) is 22.5. The van der Waals surface area contributed by atoms with Crippen molar-refractivity contribution in [3.8, 4) is 5.88 Å². The Morgan fingerprint density at radius 2 is 1.89 bits per heavy atom. The Balaban J connectivity index is 1.47. The second-order valence-electron chi connectivity index (χ2n) is 8.48. The normalized spacial score (nSPS) is 15.0. The number of hydrogen-bond donors (Lipinski definition) is 2. The van der Waals surface area contributed by atoms with Crippen LogP contribution in [0.15, 0.2) is 54.6 Å². The number of aromatic nitrogens is 2. The summed E-state index contributed by atoms with van der Waals surface area (Å²) in [6.07, 6.45) is 0.114. The summed E-state index contributed by atoms with van der Waals surface area (Å²) in [4.78, 5) is 25.5. The first-order valence-corrected chi connectivity index (χ1v) is 11.1. The maximum atomic E-state index is 14.1. The SMILES string of the molecule is Cc1cc(OCc2c(F)cccc2F)n2nc(C)c(C(=O)NC3CC(=O)Nc4ccccc43)c2c1. The smallest absolute Gasteiger partial charge is 0.255 e. The molecular formula is C26H22F2N4O3. The number of rotatable bonds is 5. The number of para-hydroxylation sites is 1. The van der Waals surface area contributed by atoms with Crippen LogP contribution in [0, 0.1) is 25.5 Å². The highest BCUT2D eigenvalue weighted by molar-refractivity contribution is 6.03. The molecule has 0 fully saturated rings. The molecule has 9 heteroatoms. The van der Waals surface area contributed by atoms with E-state index in [-0.39, 0.29) is 36.3 Å². The molecule has 0 radical (unpaired) electrons. The van der Waals surface area contributed by atoms with Crippen LogP contribution in [0.4, 0.5) is 14.5 Å². The first-order chi connectivity index (χ1) is 16.8. The van der Waals surface area contributed by atoms with Gasteiger partial charge in [-0.1, -0.05) is 24.3 Å². The van der Waals surface area contributed by atoms with Gasteiger partial charge in [0.15, 0.2) is 0 Å². The van der Waals surface area contributed by atoms with E-state index in [1.807, 2.05) is 25.1 Å². The Labute approximate surface area is 199 Å². The minimum Gasteiger partial charge on any atom is -0.473 e. The average molecular weight is 476 g/mol. The molecule has 1 atom stereocenters. The molecule has 5 rings (SSSR count). The van der Waals surface area contributed by atoms with E-state index in [1.54, 1.807) is 25.1 Å². The lowest BCUT2D eigenvalue weighted by Crippen LogP contribution is -2.35. The molecule has 3 heterocycles. The maximum absolute atomic E-state index is 14.1. The van der Waals surface area contributed by atoms with Crippen LogP contribution in [0.25, 0.3) is 5.52 Å². The maximum Gasteiger partial charge on any atom is 0.255 e. The molecule has 0 spiro atoms. The number of ether oxygens (including phenoxy) is 1. The lowest BCUT2D eigenvalue weighted by molar-refractivity contribution is -0.116. The Kier molecular flexibility index (Phi) is 5.68. The van der Waals surface area contributed by atoms with Crippen molar-refractivity contribution in [1.82, 2.24) is 14.9 Å². The van der Waals surface area contributed by atoms with Crippen molar-refractivity contribution in [2.45, 2.75) is 32.9 Å². The number of carbonyl (C=O) groups is 2. The highest BCUT2D eigenvalue weighted by Crippen LogP contribution is 2.31. The van der Waals surface area contributed by atoms with Crippen molar-refractivity contribution in [2.24, 2.45) is 0 Å². The van der Waals surface area contributed by atoms with Crippen molar-refractivity contribution in [2.75, 3.05) is 5.32 Å². The van der Waals surface area contributed by atoms with E-state index in [2.05, 4.69) is 15.7 Å². The zero-order valence-corrected chi connectivity index (χ0v) is 19.1. The Hall–Kier alpha value is -4.27. The molecule has 7 nitrogen and oxygen atoms in total. The number of fused-ring (bicyclic) bond motifs is 2. The molecule has 0 aliphatic carbocycles. The van der Waals surface area contributed by atoms with E-state index in [4.69, 9.17) is 4.74 Å². The molecule has 35 heavy (non-hydrogen) atoms. The van der Waals surface area contributed by atoms with Crippen molar-refractivity contribution >= 4 is 23.0 Å². The molecule has 2 aromatic carbocycles. The van der Waals surface area contributed by atoms with Crippen molar-refractivity contribution in [3.05, 3.63) is 94.2 Å². The monoisotopic (exact) mass is 476 g/mol. The minimum atomic E-state index is -0.706. The van der Waals surface area contributed by atoms with Gasteiger partial charge in [-0.2, -0.15) is 9.61 Å². The Morgan fingerprint density at radius 1 is 1.14 bits per heavy atom. The third kappa shape index (κ3) is 4.21. The van der Waals surface area contributed by atoms with Crippen LogP contribution in [0.3, 0.4) is 0 Å². The third-order valence-corrected chi connectivity index (χ3v) is 5.98. The number of nitrogens with zero attached hydrogens (tertiary/aromatic N) is 2. The van der Waals surface area contributed by atoms with E-state index in [0.29, 0.717) is 22.5 Å². The summed E-state index contributed by atoms with van der Waals surface area (Å²) in [5, 5.41) is 10.2. The van der Waals surface area contributed by atoms with Gasteiger partial charge in [-0.05, 0) is 49.2 Å². The summed E-state index contributed by atoms with van der Waals surface area (Å²) in [6, 6.07) is 13.9. The van der Waals surface area contributed by atoms with Crippen LogP contribution in [-0.2, 0) is 11.4 Å². The van der Waals surface area contributed by atoms with E-state index >= 15 is 0 Å². The standard InChI is InChI=1S/C26H22F2N4O3/c1-14-10-22-25(26(34)30-21-12-23(33)29-20-9-4-3-6-16(20)21)15(2)31-32(22)24(11-14)35-13-17-18(27)7-5-8-19(17)28/h3-11,21H,12-13H2,1-2H3,(H,29,33)(H,30,34). The molecular weight excluding hydrogens is 454 g/mol. The number of anilines is 1. The molecule has 1 unspecified atom stereocenters. The lowest BCUT2D eigenvalue weighted by atomic mass is 9.97. The molecule has 178 valence electrons. The number of hydrogen-bond acceptors (Lipinski definition) is 4. The quantitative estimate of drug-likeness (QED) is 0.440. The van der Waals surface area contributed by atoms with Gasteiger partial charge in [0.25, 0.3) is 5.91 Å². The topological polar surface area (TPSA) is 84.7 Å². The van der Waals surface area contributed by atoms with Gasteiger partial charge >= 0.3 is 0 Å². The number of amides is 2. The molecule has 1 aliphatic rings. The van der Waals surface area contributed by atoms with Gasteiger partial charge < -0.3 is 15.4 Å². The Morgan fingerprint density at radius 3 is 2.66 bits per heavy atom. The summed E-state index contributed by atoms with van der Waals surface area (Å²) in [5.41, 5.74) is 3.33. The van der Waals surface area contributed by atoms with Crippen LogP contribution in [0.1, 0.15) is 45.2 Å². The van der Waals surface area contributed by atoms with Gasteiger partial charge in [-0.3, -0.25) is 9.59 Å². The number of carbonyl (C=O) groups excluding carboxylic acids is 2. The number of aryl methyl sites for hydroxylation is 2. The summed E-state index contributed by atoms with van der Waals surface area (Å²) in [6.45, 7) is 3.17. The van der Waals surface area contributed by atoms with Gasteiger partial charge in [0, 0.05) is 11.8 Å². The van der Waals surface area contributed by atoms with E-state index in [0.717, 1.165) is 23.3 Å². The molecule has 2 N–H and O–H groups in total. The van der Waals surface area contributed by atoms with Gasteiger partial charge in [0.2, 0.25) is 11.8 Å². The van der Waals surface area contributed by atoms with Crippen LogP contribution < -0.4 is 15.4 Å². The summed E-state index contributed by atoms with van der Waals surface area (Å²) in [7, 11) is 0. The largest absolute Gasteiger partial charge is 0.473 e. The highest BCUT2D eigenvalue weighted by Gasteiger charge is 2.28. The molecule has 0 bridgehead atoms. The molecule has 0 saturated carbocycles. The fourth-order valence-corrected chi connectivity index (χ4v) is 4.33. The van der Waals surface area contributed by atoms with Crippen LogP contribution in [0.5, 0.6) is 5.88 Å². The van der Waals surface area contributed by atoms with E-state index in [9.17, 15) is 18.4 Å². The van der Waals surface area contributed by atoms with E-state index < -0.39 is 17.7 Å². The van der Waals surface area contributed by atoms with Crippen LogP contribution in [0.2, 0.25) is 0 Å². The highest BCUT2D eigenvalue weighted by atomic mass is 19.1. The lowest BCUT2D eigenvalue weighted by Gasteiger charge is -2.26. The number of halogens is 2. The number of pyridine rings is 1. The summed E-state index contributed by atoms with van der Waals surface area (Å²) < 4.78 is 35.3. The minimum absolute atomic E-state index is 0.114. The van der Waals surface area contributed by atoms with Crippen LogP contribution >= 0.6 is 0 Å². The fraction of sp³-hybridized carbons (Fsp3) is 0.192. The van der Waals surface area contributed by atoms with Crippen LogP contribution in [-0.4, -0.2) is 21.4 Å². The zero-order chi connectivity index (χ0) is 24.7. The van der Waals surface area contributed by atoms with Crippen molar-refractivity contribution in [3.63, 3.8) is 0 Å². The number of benzene rings is 2. The van der Waals surface area contributed by atoms with Gasteiger partial charge in [-0.15, -0.1) is 0 Å². The first-order valence-electron chi connectivity index (χ1n) is 11.1. The van der Waals surface area contributed by atoms with Crippen molar-refractivity contribution < 1.29 is 23.1 Å². The molecule has 1 aliphatic heterocycles. The number of nitrogens with one attached hydrogen (secondary N) is 2. The third-order valence-electron chi connectivity index (χ3n) is 5.98. The second-order valence-corrected chi connectivity index (χ2v) is 8.48. The Bertz CT molecular complexity index is 1460. The van der Waals surface area contributed by atoms with Gasteiger partial charge in [0.1, 0.15) is 18.2 Å². The fourth-order valence-electron chi connectivity index (χ4n) is 4.33. The molecule has 4 aromatic rings. The van der Waals surface area contributed by atoms with Gasteiger partial charge in [0.05, 0.1) is 34.8 Å². The predicted molar refractivity (Wildman–Crippen MR) is 125 cm³/mol.